The van der Waals surface area contributed by atoms with Crippen molar-refractivity contribution in [3.05, 3.63) is 42.5 Å². The highest BCUT2D eigenvalue weighted by Crippen LogP contribution is 2.16. The number of methoxy groups -OCH3 is 1. The fourth-order valence-electron chi connectivity index (χ4n) is 1.69. The molecule has 0 bridgehead atoms. The summed E-state index contributed by atoms with van der Waals surface area (Å²) in [5.74, 6) is 0.252. The van der Waals surface area contributed by atoms with Crippen molar-refractivity contribution in [3.63, 3.8) is 0 Å². The number of ether oxygens (including phenoxy) is 2. The second kappa shape index (κ2) is 7.96. The number of hydrogen-bond donors (Lipinski definition) is 1. The highest BCUT2D eigenvalue weighted by molar-refractivity contribution is 5.77. The number of nitrogens with zero attached hydrogens (tertiary/aromatic N) is 2. The Kier molecular flexibility index (Phi) is 5.66. The van der Waals surface area contributed by atoms with E-state index in [0.29, 0.717) is 19.0 Å². The van der Waals surface area contributed by atoms with Gasteiger partial charge in [-0.3, -0.25) is 4.79 Å². The van der Waals surface area contributed by atoms with Gasteiger partial charge in [-0.05, 0) is 6.07 Å². The van der Waals surface area contributed by atoms with E-state index in [0.717, 1.165) is 11.3 Å². The molecule has 0 spiro atoms. The van der Waals surface area contributed by atoms with Crippen LogP contribution in [0.25, 0.3) is 11.3 Å². The van der Waals surface area contributed by atoms with Crippen LogP contribution in [0.4, 0.5) is 0 Å². The molecule has 0 aliphatic carbocycles. The van der Waals surface area contributed by atoms with E-state index in [9.17, 15) is 4.79 Å². The lowest BCUT2D eigenvalue weighted by Gasteiger charge is -2.06. The molecule has 6 heteroatoms. The minimum Gasteiger partial charge on any atom is -0.475 e. The van der Waals surface area contributed by atoms with Gasteiger partial charge in [0.2, 0.25) is 11.8 Å². The number of hydrogen-bond acceptors (Lipinski definition) is 5. The van der Waals surface area contributed by atoms with Crippen LogP contribution < -0.4 is 10.1 Å². The molecule has 1 aromatic carbocycles. The van der Waals surface area contributed by atoms with Crippen LogP contribution in [0.5, 0.6) is 5.88 Å². The second-order valence-electron chi connectivity index (χ2n) is 4.25. The Morgan fingerprint density at radius 1 is 1.14 bits per heavy atom. The number of amides is 1. The first kappa shape index (κ1) is 14.9. The van der Waals surface area contributed by atoms with E-state index in [1.807, 2.05) is 36.4 Å². The van der Waals surface area contributed by atoms with Crippen LogP contribution in [-0.4, -0.2) is 43.0 Å². The van der Waals surface area contributed by atoms with Gasteiger partial charge in [-0.15, -0.1) is 10.2 Å². The summed E-state index contributed by atoms with van der Waals surface area (Å²) >= 11 is 0. The Bertz CT molecular complexity index is 558. The molecule has 0 fully saturated rings. The van der Waals surface area contributed by atoms with E-state index in [-0.39, 0.29) is 12.5 Å². The predicted molar refractivity (Wildman–Crippen MR) is 77.8 cm³/mol. The molecule has 0 saturated heterocycles. The maximum absolute atomic E-state index is 11.1. The number of benzene rings is 1. The van der Waals surface area contributed by atoms with E-state index < -0.39 is 0 Å². The highest BCUT2D eigenvalue weighted by Gasteiger charge is 2.02. The van der Waals surface area contributed by atoms with E-state index in [2.05, 4.69) is 15.5 Å². The summed E-state index contributed by atoms with van der Waals surface area (Å²) in [4.78, 5) is 11.1. The van der Waals surface area contributed by atoms with Gasteiger partial charge in [-0.2, -0.15) is 0 Å². The lowest BCUT2D eigenvalue weighted by Crippen LogP contribution is -2.31. The molecule has 110 valence electrons. The second-order valence-corrected chi connectivity index (χ2v) is 4.25. The highest BCUT2D eigenvalue weighted by atomic mass is 16.5. The van der Waals surface area contributed by atoms with Gasteiger partial charge in [0.1, 0.15) is 13.2 Å². The molecule has 1 amide bonds. The maximum atomic E-state index is 11.1. The van der Waals surface area contributed by atoms with Crippen molar-refractivity contribution < 1.29 is 14.3 Å². The fraction of sp³-hybridized carbons (Fsp3) is 0.267. The van der Waals surface area contributed by atoms with Crippen LogP contribution in [0.2, 0.25) is 0 Å². The SMILES string of the molecule is COCC(=O)NCCOc1ccc(-c2ccccc2)nn1. The summed E-state index contributed by atoms with van der Waals surface area (Å²) in [5, 5.41) is 10.8. The van der Waals surface area contributed by atoms with Crippen molar-refractivity contribution in [2.24, 2.45) is 0 Å². The zero-order valence-electron chi connectivity index (χ0n) is 11.8. The molecular formula is C15H17N3O3. The van der Waals surface area contributed by atoms with Gasteiger partial charge in [0.15, 0.2) is 0 Å². The molecule has 2 aromatic rings. The summed E-state index contributed by atoms with van der Waals surface area (Å²) in [5.41, 5.74) is 1.79. The van der Waals surface area contributed by atoms with E-state index in [1.165, 1.54) is 7.11 Å². The van der Waals surface area contributed by atoms with Crippen molar-refractivity contribution in [2.45, 2.75) is 0 Å². The molecular weight excluding hydrogens is 270 g/mol. The Hall–Kier alpha value is -2.47. The molecule has 1 N–H and O–H groups in total. The molecule has 0 radical (unpaired) electrons. The zero-order chi connectivity index (χ0) is 14.9. The van der Waals surface area contributed by atoms with Crippen LogP contribution in [0, 0.1) is 0 Å². The number of aromatic nitrogens is 2. The van der Waals surface area contributed by atoms with Crippen LogP contribution in [-0.2, 0) is 9.53 Å². The monoisotopic (exact) mass is 287 g/mol. The number of rotatable bonds is 7. The molecule has 21 heavy (non-hydrogen) atoms. The average molecular weight is 287 g/mol. The molecule has 0 aliphatic heterocycles. The van der Waals surface area contributed by atoms with Crippen LogP contribution in [0.3, 0.4) is 0 Å². The number of nitrogens with one attached hydrogen (secondary N) is 1. The number of carbonyl (C=O) groups excluding carboxylic acids is 1. The largest absolute Gasteiger partial charge is 0.475 e. The lowest BCUT2D eigenvalue weighted by atomic mass is 10.1. The van der Waals surface area contributed by atoms with Gasteiger partial charge in [0.25, 0.3) is 0 Å². The lowest BCUT2D eigenvalue weighted by molar-refractivity contribution is -0.124. The van der Waals surface area contributed by atoms with Gasteiger partial charge >= 0.3 is 0 Å². The van der Waals surface area contributed by atoms with Crippen molar-refractivity contribution in [3.8, 4) is 17.1 Å². The minimum atomic E-state index is -0.174. The Balaban J connectivity index is 1.79. The first-order valence-electron chi connectivity index (χ1n) is 6.57. The quantitative estimate of drug-likeness (QED) is 0.777. The summed E-state index contributed by atoms with van der Waals surface area (Å²) in [7, 11) is 1.47. The standard InChI is InChI=1S/C15H17N3O3/c1-20-11-14(19)16-9-10-21-15-8-7-13(17-18-15)12-5-3-2-4-6-12/h2-8H,9-11H2,1H3,(H,16,19). The molecule has 2 rings (SSSR count). The van der Waals surface area contributed by atoms with Crippen molar-refractivity contribution in [2.75, 3.05) is 26.9 Å². The smallest absolute Gasteiger partial charge is 0.246 e. The first-order chi connectivity index (χ1) is 10.3. The van der Waals surface area contributed by atoms with Gasteiger partial charge in [0, 0.05) is 18.7 Å². The molecule has 1 heterocycles. The van der Waals surface area contributed by atoms with Gasteiger partial charge < -0.3 is 14.8 Å². The molecule has 0 saturated carbocycles. The zero-order valence-corrected chi connectivity index (χ0v) is 11.8. The summed E-state index contributed by atoms with van der Waals surface area (Å²) in [6.45, 7) is 0.769. The predicted octanol–water partition coefficient (Wildman–Crippen LogP) is 1.28. The van der Waals surface area contributed by atoms with Crippen molar-refractivity contribution in [1.29, 1.82) is 0 Å². The fourth-order valence-corrected chi connectivity index (χ4v) is 1.69. The van der Waals surface area contributed by atoms with Crippen molar-refractivity contribution in [1.82, 2.24) is 15.5 Å². The minimum absolute atomic E-state index is 0.0472. The van der Waals surface area contributed by atoms with Gasteiger partial charge in [0.05, 0.1) is 12.2 Å². The third kappa shape index (κ3) is 4.85. The Labute approximate surface area is 123 Å². The summed E-state index contributed by atoms with van der Waals surface area (Å²) in [6.07, 6.45) is 0. The molecule has 0 unspecified atom stereocenters. The third-order valence-corrected chi connectivity index (χ3v) is 2.66. The molecule has 0 atom stereocenters. The van der Waals surface area contributed by atoms with Gasteiger partial charge in [-0.25, -0.2) is 0 Å². The average Bonchev–Trinajstić information content (AvgIpc) is 2.53. The topological polar surface area (TPSA) is 73.3 Å². The van der Waals surface area contributed by atoms with E-state index in [4.69, 9.17) is 9.47 Å². The molecule has 6 nitrogen and oxygen atoms in total. The third-order valence-electron chi connectivity index (χ3n) is 2.66. The van der Waals surface area contributed by atoms with Gasteiger partial charge in [-0.1, -0.05) is 30.3 Å². The van der Waals surface area contributed by atoms with E-state index >= 15 is 0 Å². The maximum Gasteiger partial charge on any atom is 0.246 e. The first-order valence-corrected chi connectivity index (χ1v) is 6.57. The summed E-state index contributed by atoms with van der Waals surface area (Å²) in [6, 6.07) is 13.4. The van der Waals surface area contributed by atoms with E-state index in [1.54, 1.807) is 6.07 Å². The normalized spacial score (nSPS) is 10.1. The Morgan fingerprint density at radius 3 is 2.62 bits per heavy atom. The molecule has 0 aliphatic rings. The number of carbonyl (C=O) groups is 1. The van der Waals surface area contributed by atoms with Crippen molar-refractivity contribution >= 4 is 5.91 Å². The van der Waals surface area contributed by atoms with Crippen LogP contribution >= 0.6 is 0 Å². The van der Waals surface area contributed by atoms with Crippen LogP contribution in [0.15, 0.2) is 42.5 Å². The van der Waals surface area contributed by atoms with Crippen LogP contribution in [0.1, 0.15) is 0 Å². The summed E-state index contributed by atoms with van der Waals surface area (Å²) < 4.78 is 10.1. The molecule has 1 aromatic heterocycles. The Morgan fingerprint density at radius 2 is 1.95 bits per heavy atom.